The molecule has 1 unspecified atom stereocenters. The summed E-state index contributed by atoms with van der Waals surface area (Å²) in [7, 11) is 0. The van der Waals surface area contributed by atoms with Crippen LogP contribution in [-0.4, -0.2) is 38.5 Å². The van der Waals surface area contributed by atoms with Gasteiger partial charge >= 0.3 is 6.09 Å². The van der Waals surface area contributed by atoms with Gasteiger partial charge in [-0.25, -0.2) is 9.78 Å². The Morgan fingerprint density at radius 3 is 2.73 bits per heavy atom. The molecular weight excluding hydrogens is 330 g/mol. The topological polar surface area (TPSA) is 76.4 Å². The molecule has 6 heteroatoms. The van der Waals surface area contributed by atoms with Crippen molar-refractivity contribution in [2.45, 2.75) is 57.9 Å². The maximum absolute atomic E-state index is 12.0. The number of imidazole rings is 1. The zero-order chi connectivity index (χ0) is 18.7. The molecule has 0 bridgehead atoms. The second-order valence-corrected chi connectivity index (χ2v) is 7.93. The highest BCUT2D eigenvalue weighted by atomic mass is 16.6. The lowest BCUT2D eigenvalue weighted by atomic mass is 10.1. The van der Waals surface area contributed by atoms with E-state index in [4.69, 9.17) is 4.74 Å². The SMILES string of the molecule is CC(C)(C)OC(=O)N[C@@H]1CC(Cn2ccnc2-c2ccccc2)C[C@H]1O. The molecule has 1 aromatic heterocycles. The van der Waals surface area contributed by atoms with E-state index >= 15 is 0 Å². The predicted molar refractivity (Wildman–Crippen MR) is 99.6 cm³/mol. The molecule has 3 atom stereocenters. The Bertz CT molecular complexity index is 736. The molecule has 26 heavy (non-hydrogen) atoms. The number of carbonyl (C=O) groups excluding carboxylic acids is 1. The van der Waals surface area contributed by atoms with E-state index in [1.807, 2.05) is 57.3 Å². The van der Waals surface area contributed by atoms with E-state index < -0.39 is 17.8 Å². The first-order chi connectivity index (χ1) is 12.3. The maximum atomic E-state index is 12.0. The van der Waals surface area contributed by atoms with Gasteiger partial charge in [-0.2, -0.15) is 0 Å². The lowest BCUT2D eigenvalue weighted by molar-refractivity contribution is 0.0450. The van der Waals surface area contributed by atoms with Gasteiger partial charge in [-0.3, -0.25) is 0 Å². The van der Waals surface area contributed by atoms with Gasteiger partial charge in [0, 0.05) is 24.5 Å². The molecule has 6 nitrogen and oxygen atoms in total. The first-order valence-electron chi connectivity index (χ1n) is 9.06. The number of nitrogens with zero attached hydrogens (tertiary/aromatic N) is 2. The predicted octanol–water partition coefficient (Wildman–Crippen LogP) is 3.21. The third kappa shape index (κ3) is 4.64. The number of hydrogen-bond acceptors (Lipinski definition) is 4. The van der Waals surface area contributed by atoms with Crippen LogP contribution in [0, 0.1) is 5.92 Å². The minimum Gasteiger partial charge on any atom is -0.444 e. The van der Waals surface area contributed by atoms with Crippen LogP contribution in [0.15, 0.2) is 42.7 Å². The van der Waals surface area contributed by atoms with Crippen molar-refractivity contribution in [1.82, 2.24) is 14.9 Å². The Morgan fingerprint density at radius 2 is 2.04 bits per heavy atom. The van der Waals surface area contributed by atoms with Crippen molar-refractivity contribution in [1.29, 1.82) is 0 Å². The fraction of sp³-hybridized carbons (Fsp3) is 0.500. The van der Waals surface area contributed by atoms with Gasteiger partial charge in [-0.1, -0.05) is 30.3 Å². The number of benzene rings is 1. The van der Waals surface area contributed by atoms with E-state index in [1.54, 1.807) is 6.20 Å². The van der Waals surface area contributed by atoms with Crippen molar-refractivity contribution in [3.05, 3.63) is 42.7 Å². The van der Waals surface area contributed by atoms with Gasteiger partial charge in [-0.05, 0) is 39.5 Å². The van der Waals surface area contributed by atoms with Crippen LogP contribution in [0.4, 0.5) is 4.79 Å². The molecule has 2 N–H and O–H groups in total. The number of ether oxygens (including phenoxy) is 1. The van der Waals surface area contributed by atoms with Crippen molar-refractivity contribution in [3.8, 4) is 11.4 Å². The summed E-state index contributed by atoms with van der Waals surface area (Å²) in [6, 6.07) is 9.77. The van der Waals surface area contributed by atoms with E-state index in [-0.39, 0.29) is 12.0 Å². The van der Waals surface area contributed by atoms with Crippen LogP contribution >= 0.6 is 0 Å². The zero-order valence-electron chi connectivity index (χ0n) is 15.6. The van der Waals surface area contributed by atoms with Crippen molar-refractivity contribution in [3.63, 3.8) is 0 Å². The standard InChI is InChI=1S/C20H27N3O3/c1-20(2,3)26-19(25)22-16-11-14(12-17(16)24)13-23-10-9-21-18(23)15-7-5-4-6-8-15/h4-10,14,16-17,24H,11-13H2,1-3H3,(H,22,25)/t14?,16-,17-/m1/s1. The third-order valence-corrected chi connectivity index (χ3v) is 4.53. The quantitative estimate of drug-likeness (QED) is 0.881. The molecule has 140 valence electrons. The Balaban J connectivity index is 1.61. The van der Waals surface area contributed by atoms with E-state index in [0.29, 0.717) is 12.8 Å². The lowest BCUT2D eigenvalue weighted by Gasteiger charge is -2.23. The Morgan fingerprint density at radius 1 is 1.31 bits per heavy atom. The summed E-state index contributed by atoms with van der Waals surface area (Å²) < 4.78 is 7.40. The average molecular weight is 357 g/mol. The molecule has 0 saturated heterocycles. The van der Waals surface area contributed by atoms with Gasteiger partial charge < -0.3 is 19.7 Å². The van der Waals surface area contributed by atoms with Gasteiger partial charge in [0.2, 0.25) is 0 Å². The Labute approximate surface area is 154 Å². The highest BCUT2D eigenvalue weighted by molar-refractivity contribution is 5.68. The smallest absolute Gasteiger partial charge is 0.407 e. The maximum Gasteiger partial charge on any atom is 0.407 e. The molecule has 3 rings (SSSR count). The van der Waals surface area contributed by atoms with Crippen molar-refractivity contribution < 1.29 is 14.6 Å². The second-order valence-electron chi connectivity index (χ2n) is 7.93. The number of aliphatic hydroxyl groups excluding tert-OH is 1. The summed E-state index contributed by atoms with van der Waals surface area (Å²) in [5.74, 6) is 1.19. The number of hydrogen-bond donors (Lipinski definition) is 2. The van der Waals surface area contributed by atoms with Crippen LogP contribution in [0.5, 0.6) is 0 Å². The van der Waals surface area contributed by atoms with Crippen LogP contribution in [0.25, 0.3) is 11.4 Å². The number of rotatable bonds is 4. The molecule has 0 aliphatic heterocycles. The van der Waals surface area contributed by atoms with Gasteiger partial charge in [0.25, 0.3) is 0 Å². The Hall–Kier alpha value is -2.34. The first-order valence-corrected chi connectivity index (χ1v) is 9.06. The Kier molecular flexibility index (Phi) is 5.32. The number of alkyl carbamates (subject to hydrolysis) is 1. The molecule has 0 radical (unpaired) electrons. The second kappa shape index (κ2) is 7.50. The normalized spacial score (nSPS) is 23.0. The molecule has 1 fully saturated rings. The molecule has 1 heterocycles. The number of nitrogens with one attached hydrogen (secondary N) is 1. The summed E-state index contributed by atoms with van der Waals surface area (Å²) in [6.07, 6.45) is 4.08. The van der Waals surface area contributed by atoms with E-state index in [2.05, 4.69) is 14.9 Å². The summed E-state index contributed by atoms with van der Waals surface area (Å²) in [4.78, 5) is 16.4. The molecule has 1 amide bonds. The van der Waals surface area contributed by atoms with E-state index in [9.17, 15) is 9.90 Å². The number of carbonyl (C=O) groups is 1. The molecule has 1 saturated carbocycles. The monoisotopic (exact) mass is 357 g/mol. The minimum atomic E-state index is -0.559. The number of aromatic nitrogens is 2. The number of amides is 1. The zero-order valence-corrected chi connectivity index (χ0v) is 15.6. The lowest BCUT2D eigenvalue weighted by Crippen LogP contribution is -2.42. The van der Waals surface area contributed by atoms with Gasteiger partial charge in [0.15, 0.2) is 0 Å². The van der Waals surface area contributed by atoms with Gasteiger partial charge in [0.05, 0.1) is 12.1 Å². The molecule has 1 aliphatic carbocycles. The summed E-state index contributed by atoms with van der Waals surface area (Å²) in [6.45, 7) is 6.23. The van der Waals surface area contributed by atoms with Gasteiger partial charge in [0.1, 0.15) is 11.4 Å². The molecular formula is C20H27N3O3. The summed E-state index contributed by atoms with van der Waals surface area (Å²) in [5.41, 5.74) is 0.522. The molecule has 2 aromatic rings. The molecule has 1 aliphatic rings. The van der Waals surface area contributed by atoms with Crippen molar-refractivity contribution in [2.75, 3.05) is 0 Å². The average Bonchev–Trinajstić information content (AvgIpc) is 3.14. The highest BCUT2D eigenvalue weighted by Crippen LogP contribution is 2.29. The summed E-state index contributed by atoms with van der Waals surface area (Å²) in [5, 5.41) is 13.1. The van der Waals surface area contributed by atoms with E-state index in [0.717, 1.165) is 17.9 Å². The van der Waals surface area contributed by atoms with Crippen LogP contribution < -0.4 is 5.32 Å². The fourth-order valence-corrected chi connectivity index (χ4v) is 3.46. The first kappa shape index (κ1) is 18.5. The molecule has 1 aromatic carbocycles. The minimum absolute atomic E-state index is 0.265. The highest BCUT2D eigenvalue weighted by Gasteiger charge is 2.35. The fourth-order valence-electron chi connectivity index (χ4n) is 3.46. The third-order valence-electron chi connectivity index (χ3n) is 4.53. The van der Waals surface area contributed by atoms with Crippen LogP contribution in [0.3, 0.4) is 0 Å². The van der Waals surface area contributed by atoms with Gasteiger partial charge in [-0.15, -0.1) is 0 Å². The van der Waals surface area contributed by atoms with Crippen LogP contribution in [0.1, 0.15) is 33.6 Å². The van der Waals surface area contributed by atoms with Crippen LogP contribution in [0.2, 0.25) is 0 Å². The largest absolute Gasteiger partial charge is 0.444 e. The number of aliphatic hydroxyl groups is 1. The summed E-state index contributed by atoms with van der Waals surface area (Å²) >= 11 is 0. The molecule has 0 spiro atoms. The van der Waals surface area contributed by atoms with Crippen LogP contribution in [-0.2, 0) is 11.3 Å². The van der Waals surface area contributed by atoms with Crippen molar-refractivity contribution >= 4 is 6.09 Å². The van der Waals surface area contributed by atoms with Crippen molar-refractivity contribution in [2.24, 2.45) is 5.92 Å². The van der Waals surface area contributed by atoms with E-state index in [1.165, 1.54) is 0 Å².